The highest BCUT2D eigenvalue weighted by Gasteiger charge is 2.25. The number of benzene rings is 3. The van der Waals surface area contributed by atoms with Crippen molar-refractivity contribution in [3.63, 3.8) is 0 Å². The summed E-state index contributed by atoms with van der Waals surface area (Å²) in [5.74, 6) is -0.353. The Labute approximate surface area is 274 Å². The fraction of sp³-hybridized carbons (Fsp3) is 0.222. The van der Waals surface area contributed by atoms with Gasteiger partial charge in [0, 0.05) is 54.2 Å². The number of aryl methyl sites for hydroxylation is 2. The molecule has 0 saturated carbocycles. The molecule has 0 spiro atoms. The number of hydrogen-bond donors (Lipinski definition) is 1. The number of imidazole rings is 1. The number of Topliss-reactive ketones (excluding diaryl/α,β-unsaturated/α-hetero) is 1. The van der Waals surface area contributed by atoms with Gasteiger partial charge in [0.1, 0.15) is 17.3 Å². The second kappa shape index (κ2) is 14.6. The predicted molar refractivity (Wildman–Crippen MR) is 179 cm³/mol. The first-order chi connectivity index (χ1) is 22.6. The first-order valence-corrected chi connectivity index (χ1v) is 17.0. The molecule has 2 aromatic heterocycles. The Morgan fingerprint density at radius 2 is 1.64 bits per heavy atom. The van der Waals surface area contributed by atoms with Gasteiger partial charge in [0.2, 0.25) is 10.0 Å². The number of amides is 1. The molecule has 11 heteroatoms. The van der Waals surface area contributed by atoms with Gasteiger partial charge in [-0.15, -0.1) is 0 Å². The minimum Gasteiger partial charge on any atom is -0.321 e. The summed E-state index contributed by atoms with van der Waals surface area (Å²) in [6.07, 6.45) is 4.96. The maximum absolute atomic E-state index is 15.7. The number of nitrogens with two attached hydrogens (primary N) is 1. The standard InChI is InChI=1S/C36H36FN5O4S/c1-3-10-34-40-31(4-2)35(32(43)19-22-41(28-11-6-5-7-12-28)36(44)25-17-20-39-21-18-25)42(34)24-27-16-15-26(23-30(27)37)29-13-8-9-14-33(29)47(38,45)46/h5-9,11-18,20-21,23H,3-4,10,19,22,24H2,1-2H3,(H2,38,45,46). The van der Waals surface area contributed by atoms with Crippen molar-refractivity contribution in [1.82, 2.24) is 14.5 Å². The molecular formula is C36H36FN5O4S. The van der Waals surface area contributed by atoms with Crippen molar-refractivity contribution in [2.75, 3.05) is 11.4 Å². The SMILES string of the molecule is CCCc1nc(CC)c(C(=O)CCN(C(=O)c2ccncc2)c2ccccc2)n1Cc1ccc(-c2ccccc2S(N)(=O)=O)cc1F. The Morgan fingerprint density at radius 1 is 0.936 bits per heavy atom. The zero-order valence-electron chi connectivity index (χ0n) is 26.3. The first-order valence-electron chi connectivity index (χ1n) is 15.4. The number of para-hydroxylation sites is 1. The summed E-state index contributed by atoms with van der Waals surface area (Å²) < 4.78 is 41.8. The van der Waals surface area contributed by atoms with Crippen LogP contribution in [-0.4, -0.2) is 41.2 Å². The van der Waals surface area contributed by atoms with Crippen molar-refractivity contribution < 1.29 is 22.4 Å². The van der Waals surface area contributed by atoms with E-state index in [2.05, 4.69) is 4.98 Å². The Hall–Kier alpha value is -5.00. The maximum atomic E-state index is 15.7. The predicted octanol–water partition coefficient (Wildman–Crippen LogP) is 6.21. The Kier molecular flexibility index (Phi) is 10.4. The molecular weight excluding hydrogens is 617 g/mol. The number of primary sulfonamides is 1. The van der Waals surface area contributed by atoms with E-state index in [1.165, 1.54) is 12.1 Å². The molecule has 0 radical (unpaired) electrons. The Bertz CT molecular complexity index is 2000. The summed E-state index contributed by atoms with van der Waals surface area (Å²) in [5, 5.41) is 5.41. The second-order valence-electron chi connectivity index (χ2n) is 11.1. The van der Waals surface area contributed by atoms with Gasteiger partial charge in [0.15, 0.2) is 5.78 Å². The smallest absolute Gasteiger partial charge is 0.258 e. The molecule has 47 heavy (non-hydrogen) atoms. The molecule has 0 aliphatic rings. The largest absolute Gasteiger partial charge is 0.321 e. The van der Waals surface area contributed by atoms with E-state index < -0.39 is 15.8 Å². The summed E-state index contributed by atoms with van der Waals surface area (Å²) >= 11 is 0. The number of rotatable bonds is 13. The molecule has 5 aromatic rings. The highest BCUT2D eigenvalue weighted by Crippen LogP contribution is 2.29. The molecule has 0 bridgehead atoms. The van der Waals surface area contributed by atoms with Gasteiger partial charge in [-0.3, -0.25) is 14.6 Å². The Balaban J connectivity index is 1.47. The highest BCUT2D eigenvalue weighted by atomic mass is 32.2. The van der Waals surface area contributed by atoms with Crippen LogP contribution in [0.25, 0.3) is 11.1 Å². The van der Waals surface area contributed by atoms with E-state index in [4.69, 9.17) is 10.1 Å². The second-order valence-corrected chi connectivity index (χ2v) is 12.6. The number of carbonyl (C=O) groups excluding carboxylic acids is 2. The monoisotopic (exact) mass is 653 g/mol. The van der Waals surface area contributed by atoms with Gasteiger partial charge in [-0.2, -0.15) is 0 Å². The average Bonchev–Trinajstić information content (AvgIpc) is 3.43. The molecule has 0 atom stereocenters. The van der Waals surface area contributed by atoms with Crippen LogP contribution in [0.2, 0.25) is 0 Å². The van der Waals surface area contributed by atoms with Crippen LogP contribution >= 0.6 is 0 Å². The van der Waals surface area contributed by atoms with Crippen LogP contribution in [0.3, 0.4) is 0 Å². The van der Waals surface area contributed by atoms with Crippen LogP contribution in [0.1, 0.15) is 64.6 Å². The average molecular weight is 654 g/mol. The van der Waals surface area contributed by atoms with Gasteiger partial charge in [-0.05, 0) is 54.8 Å². The molecule has 1 amide bonds. The van der Waals surface area contributed by atoms with Crippen LogP contribution in [0.4, 0.5) is 10.1 Å². The van der Waals surface area contributed by atoms with Gasteiger partial charge < -0.3 is 9.47 Å². The molecule has 2 heterocycles. The minimum absolute atomic E-state index is 0.0156. The minimum atomic E-state index is -4.03. The third-order valence-electron chi connectivity index (χ3n) is 7.88. The number of nitrogens with zero attached hydrogens (tertiary/aromatic N) is 4. The molecule has 242 valence electrons. The molecule has 0 unspecified atom stereocenters. The highest BCUT2D eigenvalue weighted by molar-refractivity contribution is 7.89. The summed E-state index contributed by atoms with van der Waals surface area (Å²) in [6.45, 7) is 4.09. The summed E-state index contributed by atoms with van der Waals surface area (Å²) in [7, 11) is -4.03. The summed E-state index contributed by atoms with van der Waals surface area (Å²) in [5.41, 5.74) is 3.08. The van der Waals surface area contributed by atoms with Crippen molar-refractivity contribution in [2.45, 2.75) is 51.0 Å². The number of hydrogen-bond acceptors (Lipinski definition) is 6. The number of aromatic nitrogens is 3. The molecule has 0 aliphatic carbocycles. The fourth-order valence-corrected chi connectivity index (χ4v) is 6.36. The normalized spacial score (nSPS) is 11.4. The van der Waals surface area contributed by atoms with E-state index in [1.54, 1.807) is 64.3 Å². The summed E-state index contributed by atoms with van der Waals surface area (Å²) in [6, 6.07) is 23.1. The molecule has 3 aromatic carbocycles. The van der Waals surface area contributed by atoms with Crippen molar-refractivity contribution in [1.29, 1.82) is 0 Å². The topological polar surface area (TPSA) is 128 Å². The van der Waals surface area contributed by atoms with E-state index in [0.717, 1.165) is 6.42 Å². The lowest BCUT2D eigenvalue weighted by Gasteiger charge is -2.23. The third-order valence-corrected chi connectivity index (χ3v) is 8.85. The zero-order valence-corrected chi connectivity index (χ0v) is 27.1. The molecule has 2 N–H and O–H groups in total. The van der Waals surface area contributed by atoms with Gasteiger partial charge in [-0.1, -0.05) is 62.4 Å². The lowest BCUT2D eigenvalue weighted by Crippen LogP contribution is -2.33. The van der Waals surface area contributed by atoms with Gasteiger partial charge >= 0.3 is 0 Å². The van der Waals surface area contributed by atoms with Gasteiger partial charge in [0.25, 0.3) is 5.91 Å². The molecule has 0 aliphatic heterocycles. The van der Waals surface area contributed by atoms with E-state index in [0.29, 0.717) is 58.0 Å². The quantitative estimate of drug-likeness (QED) is 0.150. The van der Waals surface area contributed by atoms with Crippen molar-refractivity contribution in [3.05, 3.63) is 131 Å². The number of pyridine rings is 1. The number of sulfonamides is 1. The lowest BCUT2D eigenvalue weighted by molar-refractivity contribution is 0.0961. The fourth-order valence-electron chi connectivity index (χ4n) is 5.60. The Morgan fingerprint density at radius 3 is 2.30 bits per heavy atom. The number of carbonyl (C=O) groups is 2. The zero-order chi connectivity index (χ0) is 33.6. The number of anilines is 1. The number of ketones is 1. The van der Waals surface area contributed by atoms with Crippen LogP contribution < -0.4 is 10.0 Å². The van der Waals surface area contributed by atoms with Gasteiger partial charge in [0.05, 0.1) is 17.1 Å². The summed E-state index contributed by atoms with van der Waals surface area (Å²) in [4.78, 5) is 37.8. The maximum Gasteiger partial charge on any atom is 0.258 e. The molecule has 0 fully saturated rings. The van der Waals surface area contributed by atoms with E-state index >= 15 is 4.39 Å². The van der Waals surface area contributed by atoms with Crippen molar-refractivity contribution in [3.8, 4) is 11.1 Å². The van der Waals surface area contributed by atoms with E-state index in [9.17, 15) is 18.0 Å². The lowest BCUT2D eigenvalue weighted by atomic mass is 10.0. The third kappa shape index (κ3) is 7.53. The molecule has 0 saturated heterocycles. The van der Waals surface area contributed by atoms with Crippen molar-refractivity contribution in [2.24, 2.45) is 5.14 Å². The first kappa shape index (κ1) is 33.4. The van der Waals surface area contributed by atoms with Crippen LogP contribution in [0.5, 0.6) is 0 Å². The van der Waals surface area contributed by atoms with Crippen LogP contribution in [0, 0.1) is 5.82 Å². The van der Waals surface area contributed by atoms with E-state index in [-0.39, 0.29) is 36.1 Å². The van der Waals surface area contributed by atoms with E-state index in [1.807, 2.05) is 44.2 Å². The van der Waals surface area contributed by atoms with Crippen molar-refractivity contribution >= 4 is 27.4 Å². The number of halogens is 1. The molecule has 9 nitrogen and oxygen atoms in total. The van der Waals surface area contributed by atoms with Gasteiger partial charge in [-0.25, -0.2) is 22.9 Å². The van der Waals surface area contributed by atoms with Crippen LogP contribution in [0.15, 0.2) is 102 Å². The van der Waals surface area contributed by atoms with Crippen LogP contribution in [-0.2, 0) is 29.4 Å². The molecule has 5 rings (SSSR count).